The molecule has 1 aromatic carbocycles. The van der Waals surface area contributed by atoms with E-state index in [0.29, 0.717) is 11.5 Å². The molecule has 0 radical (unpaired) electrons. The van der Waals surface area contributed by atoms with Crippen LogP contribution in [0.15, 0.2) is 40.9 Å². The van der Waals surface area contributed by atoms with E-state index in [0.717, 1.165) is 5.56 Å². The number of β-amino-alcohol motifs (C(OH)–C–C–N with tert-alkyl or cyclic N) is 1. The van der Waals surface area contributed by atoms with E-state index in [4.69, 9.17) is 4.52 Å². The zero-order valence-electron chi connectivity index (χ0n) is 24.4. The lowest BCUT2D eigenvalue weighted by Gasteiger charge is -2.30. The Kier molecular flexibility index (Phi) is 14.6. The number of aryl methyl sites for hydroxylation is 1. The number of unbranched alkanes of at least 4 members (excludes halogenated alkanes) is 1. The van der Waals surface area contributed by atoms with Gasteiger partial charge in [0.25, 0.3) is 0 Å². The van der Waals surface area contributed by atoms with Gasteiger partial charge < -0.3 is 19.8 Å². The lowest BCUT2D eigenvalue weighted by atomic mass is 9.91. The van der Waals surface area contributed by atoms with Crippen LogP contribution >= 0.6 is 0 Å². The summed E-state index contributed by atoms with van der Waals surface area (Å²) >= 11 is 0. The first-order valence-corrected chi connectivity index (χ1v) is 13.8. The Morgan fingerprint density at radius 1 is 1.13 bits per heavy atom. The summed E-state index contributed by atoms with van der Waals surface area (Å²) in [4.78, 5) is 40.0. The van der Waals surface area contributed by atoms with Crippen LogP contribution in [0, 0.1) is 12.8 Å². The Labute approximate surface area is 228 Å². The molecule has 1 aromatic heterocycles. The Hall–Kier alpha value is -3.00. The third-order valence-corrected chi connectivity index (χ3v) is 6.26. The van der Waals surface area contributed by atoms with Crippen LogP contribution in [0.3, 0.4) is 0 Å². The highest BCUT2D eigenvalue weighted by Crippen LogP contribution is 2.31. The number of ketones is 1. The number of nitrogens with zero attached hydrogens (tertiary/aromatic N) is 2. The molecule has 2 N–H and O–H groups in total. The van der Waals surface area contributed by atoms with Crippen molar-refractivity contribution in [3.05, 3.63) is 53.4 Å². The van der Waals surface area contributed by atoms with Crippen molar-refractivity contribution in [2.24, 2.45) is 5.92 Å². The van der Waals surface area contributed by atoms with Gasteiger partial charge in [0.05, 0.1) is 17.8 Å². The molecular weight excluding hydrogens is 482 g/mol. The fourth-order valence-corrected chi connectivity index (χ4v) is 4.24. The monoisotopic (exact) mass is 529 g/mol. The van der Waals surface area contributed by atoms with Crippen LogP contribution in [0.2, 0.25) is 0 Å². The molecule has 212 valence electrons. The lowest BCUT2D eigenvalue weighted by molar-refractivity contribution is -0.141. The minimum atomic E-state index is -0.832. The molecule has 2 aromatic rings. The second-order valence-corrected chi connectivity index (χ2v) is 9.87. The lowest BCUT2D eigenvalue weighted by Crippen LogP contribution is -2.49. The fraction of sp³-hybridized carbons (Fsp3) is 0.600. The quantitative estimate of drug-likeness (QED) is 0.453. The molecule has 4 atom stereocenters. The van der Waals surface area contributed by atoms with E-state index in [1.807, 2.05) is 58.0 Å². The molecule has 1 saturated heterocycles. The summed E-state index contributed by atoms with van der Waals surface area (Å²) in [5, 5.41) is 17.1. The third kappa shape index (κ3) is 9.71. The van der Waals surface area contributed by atoms with Gasteiger partial charge in [0.15, 0.2) is 0 Å². The predicted octanol–water partition coefficient (Wildman–Crippen LogP) is 5.35. The van der Waals surface area contributed by atoms with Crippen LogP contribution < -0.4 is 5.32 Å². The Bertz CT molecular complexity index is 987. The Morgan fingerprint density at radius 2 is 1.74 bits per heavy atom. The van der Waals surface area contributed by atoms with Gasteiger partial charge in [-0.15, -0.1) is 0 Å². The van der Waals surface area contributed by atoms with Crippen LogP contribution in [0.25, 0.3) is 0 Å². The molecule has 0 aliphatic carbocycles. The molecule has 38 heavy (non-hydrogen) atoms. The van der Waals surface area contributed by atoms with Crippen LogP contribution in [-0.2, 0) is 14.4 Å². The molecule has 8 heteroatoms. The third-order valence-electron chi connectivity index (χ3n) is 6.26. The zero-order valence-corrected chi connectivity index (χ0v) is 24.4. The molecule has 8 nitrogen and oxygen atoms in total. The molecule has 0 saturated carbocycles. The number of aromatic nitrogens is 1. The van der Waals surface area contributed by atoms with Crippen molar-refractivity contribution in [3.63, 3.8) is 0 Å². The van der Waals surface area contributed by atoms with Crippen LogP contribution in [0.4, 0.5) is 0 Å². The maximum Gasteiger partial charge on any atom is 0.243 e. The second-order valence-electron chi connectivity index (χ2n) is 9.87. The molecule has 1 fully saturated rings. The van der Waals surface area contributed by atoms with Crippen molar-refractivity contribution in [2.75, 3.05) is 6.54 Å². The molecule has 0 bridgehead atoms. The number of hydrogen-bond acceptors (Lipinski definition) is 6. The zero-order chi connectivity index (χ0) is 28.8. The average Bonchev–Trinajstić information content (AvgIpc) is 3.50. The number of aliphatic hydroxyl groups is 1. The number of carbonyl (C=O) groups excluding carboxylic acids is 3. The molecule has 4 unspecified atom stereocenters. The Balaban J connectivity index is 0.00000110. The van der Waals surface area contributed by atoms with Crippen molar-refractivity contribution in [3.8, 4) is 0 Å². The van der Waals surface area contributed by atoms with Crippen molar-refractivity contribution in [2.45, 2.75) is 105 Å². The number of Topliss-reactive ketones (excluding diaryl/α,β-unsaturated/α-hetero) is 1. The number of hydrogen-bond donors (Lipinski definition) is 2. The normalized spacial score (nSPS) is 18.0. The van der Waals surface area contributed by atoms with Crippen LogP contribution in [-0.4, -0.2) is 51.5 Å². The fourth-order valence-electron chi connectivity index (χ4n) is 4.24. The summed E-state index contributed by atoms with van der Waals surface area (Å²) in [6.07, 6.45) is 2.12. The number of likely N-dealkylation sites (tertiary alicyclic amines) is 1. The first kappa shape index (κ1) is 33.0. The minimum absolute atomic E-state index is 0.0564. The first-order valence-electron chi connectivity index (χ1n) is 13.8. The highest BCUT2D eigenvalue weighted by Gasteiger charge is 2.43. The van der Waals surface area contributed by atoms with E-state index in [-0.39, 0.29) is 42.9 Å². The van der Waals surface area contributed by atoms with E-state index in [1.54, 1.807) is 13.0 Å². The largest absolute Gasteiger partial charge is 0.391 e. The highest BCUT2D eigenvalue weighted by molar-refractivity contribution is 5.91. The summed E-state index contributed by atoms with van der Waals surface area (Å²) in [7, 11) is 0. The predicted molar refractivity (Wildman–Crippen MR) is 149 cm³/mol. The van der Waals surface area contributed by atoms with Gasteiger partial charge in [0.2, 0.25) is 11.8 Å². The van der Waals surface area contributed by atoms with Gasteiger partial charge in [-0.3, -0.25) is 14.4 Å². The average molecular weight is 530 g/mol. The molecule has 1 aliphatic heterocycles. The molecule has 3 rings (SSSR count). The minimum Gasteiger partial charge on any atom is -0.391 e. The van der Waals surface area contributed by atoms with E-state index >= 15 is 0 Å². The number of nitrogens with one attached hydrogen (secondary N) is 1. The highest BCUT2D eigenvalue weighted by atomic mass is 16.5. The van der Waals surface area contributed by atoms with Gasteiger partial charge >= 0.3 is 0 Å². The molecular formula is C30H47N3O5. The molecule has 2 heterocycles. The van der Waals surface area contributed by atoms with Crippen LogP contribution in [0.1, 0.15) is 103 Å². The van der Waals surface area contributed by atoms with Crippen molar-refractivity contribution >= 4 is 17.6 Å². The number of aliphatic hydroxyl groups excluding tert-OH is 1. The topological polar surface area (TPSA) is 113 Å². The number of benzene rings is 1. The summed E-state index contributed by atoms with van der Waals surface area (Å²) < 4.78 is 5.36. The van der Waals surface area contributed by atoms with E-state index in [9.17, 15) is 19.5 Å². The number of amides is 2. The van der Waals surface area contributed by atoms with E-state index in [2.05, 4.69) is 24.3 Å². The van der Waals surface area contributed by atoms with Gasteiger partial charge in [-0.25, -0.2) is 0 Å². The van der Waals surface area contributed by atoms with E-state index in [1.165, 1.54) is 24.7 Å². The Morgan fingerprint density at radius 3 is 2.21 bits per heavy atom. The summed E-state index contributed by atoms with van der Waals surface area (Å²) in [5.74, 6) is -0.983. The summed E-state index contributed by atoms with van der Waals surface area (Å²) in [5.41, 5.74) is 1.48. The van der Waals surface area contributed by atoms with Crippen molar-refractivity contribution < 1.29 is 24.0 Å². The second kappa shape index (κ2) is 16.8. The maximum absolute atomic E-state index is 13.5. The smallest absolute Gasteiger partial charge is 0.243 e. The SMILES string of the molecule is CC.CC(=O)CC(NC(=O)C1CC(O)CN1C(=O)C(c1cc(C)no1)C(C)C)c1ccccc1.CCCC. The summed E-state index contributed by atoms with van der Waals surface area (Å²) in [6, 6.07) is 9.63. The molecule has 2 amide bonds. The van der Waals surface area contributed by atoms with Crippen LogP contribution in [0.5, 0.6) is 0 Å². The summed E-state index contributed by atoms with van der Waals surface area (Å²) in [6.45, 7) is 15.5. The van der Waals surface area contributed by atoms with Gasteiger partial charge in [-0.05, 0) is 25.3 Å². The van der Waals surface area contributed by atoms with Gasteiger partial charge in [0.1, 0.15) is 23.5 Å². The van der Waals surface area contributed by atoms with Crippen molar-refractivity contribution in [1.82, 2.24) is 15.4 Å². The number of carbonyl (C=O) groups is 3. The standard InChI is InChI=1S/C24H31N3O5.C4H10.C2H6/c1-14(2)22(21-10-15(3)26-32-21)24(31)27-13-18(29)12-20(27)23(30)25-19(11-16(4)28)17-8-6-5-7-9-17;1-3-4-2;1-2/h5-10,14,18-20,22,29H,11-13H2,1-4H3,(H,25,30);3-4H2,1-2H3;1-2H3. The van der Waals surface area contributed by atoms with E-state index < -0.39 is 24.1 Å². The van der Waals surface area contributed by atoms with Gasteiger partial charge in [-0.2, -0.15) is 0 Å². The van der Waals surface area contributed by atoms with Crippen molar-refractivity contribution in [1.29, 1.82) is 0 Å². The number of rotatable bonds is 9. The first-order chi connectivity index (χ1) is 18.1. The van der Waals surface area contributed by atoms with Gasteiger partial charge in [0, 0.05) is 25.5 Å². The molecule has 0 spiro atoms. The van der Waals surface area contributed by atoms with Gasteiger partial charge in [-0.1, -0.05) is 89.9 Å². The molecule has 1 aliphatic rings. The maximum atomic E-state index is 13.5.